The molecule has 0 bridgehead atoms. The number of carbonyl (C=O) groups excluding carboxylic acids is 2. The van der Waals surface area contributed by atoms with Gasteiger partial charge in [0.15, 0.2) is 6.04 Å². The lowest BCUT2D eigenvalue weighted by Gasteiger charge is -2.18. The summed E-state index contributed by atoms with van der Waals surface area (Å²) in [5, 5.41) is 11.8. The Morgan fingerprint density at radius 2 is 2.00 bits per heavy atom. The van der Waals surface area contributed by atoms with Gasteiger partial charge in [-0.25, -0.2) is 4.79 Å². The van der Waals surface area contributed by atoms with Gasteiger partial charge in [-0.05, 0) is 12.5 Å². The van der Waals surface area contributed by atoms with Crippen LogP contribution in [0.2, 0.25) is 0 Å². The second-order valence-corrected chi connectivity index (χ2v) is 3.88. The minimum absolute atomic E-state index is 0.155. The first-order chi connectivity index (χ1) is 9.10. The molecule has 0 saturated heterocycles. The quantitative estimate of drug-likeness (QED) is 0.486. The van der Waals surface area contributed by atoms with Gasteiger partial charge in [-0.2, -0.15) is 0 Å². The molecule has 19 heavy (non-hydrogen) atoms. The third-order valence-corrected chi connectivity index (χ3v) is 2.52. The summed E-state index contributed by atoms with van der Waals surface area (Å²) in [5.41, 5.74) is 6.19. The molecule has 0 fully saturated rings. The Morgan fingerprint density at radius 1 is 1.37 bits per heavy atom. The van der Waals surface area contributed by atoms with Gasteiger partial charge in [-0.3, -0.25) is 4.79 Å². The van der Waals surface area contributed by atoms with E-state index in [9.17, 15) is 14.7 Å². The van der Waals surface area contributed by atoms with Crippen LogP contribution in [0.25, 0.3) is 0 Å². The Balaban J connectivity index is 2.66. The number of rotatable bonds is 6. The van der Waals surface area contributed by atoms with Crippen molar-refractivity contribution >= 4 is 11.9 Å². The molecule has 6 nitrogen and oxygen atoms in total. The maximum Gasteiger partial charge on any atom is 0.332 e. The standard InChI is InChI=1S/C13H18N2O4/c1-2-19-13(18)11(14)12(17)15-10(8-16)9-6-4-3-5-7-9/h3-7,10-11,16H,2,8,14H2,1H3,(H,15,17)/t10-,11?/m0/s1. The average Bonchev–Trinajstić information content (AvgIpc) is 2.44. The molecule has 1 rings (SSSR count). The van der Waals surface area contributed by atoms with Crippen LogP contribution in [0.1, 0.15) is 18.5 Å². The molecule has 0 heterocycles. The van der Waals surface area contributed by atoms with Gasteiger partial charge in [0.1, 0.15) is 0 Å². The molecule has 0 aliphatic carbocycles. The van der Waals surface area contributed by atoms with Crippen LogP contribution in [0.3, 0.4) is 0 Å². The fourth-order valence-electron chi connectivity index (χ4n) is 1.52. The van der Waals surface area contributed by atoms with Crippen LogP contribution >= 0.6 is 0 Å². The second-order valence-electron chi connectivity index (χ2n) is 3.88. The zero-order chi connectivity index (χ0) is 14.3. The predicted molar refractivity (Wildman–Crippen MR) is 69.0 cm³/mol. The molecular formula is C13H18N2O4. The Hall–Kier alpha value is -1.92. The van der Waals surface area contributed by atoms with Crippen LogP contribution in [-0.4, -0.2) is 36.2 Å². The lowest BCUT2D eigenvalue weighted by Crippen LogP contribution is -2.48. The largest absolute Gasteiger partial charge is 0.464 e. The number of nitrogens with one attached hydrogen (secondary N) is 1. The lowest BCUT2D eigenvalue weighted by molar-refractivity contribution is -0.148. The molecular weight excluding hydrogens is 248 g/mol. The zero-order valence-corrected chi connectivity index (χ0v) is 10.7. The summed E-state index contributed by atoms with van der Waals surface area (Å²) in [6, 6.07) is 6.93. The van der Waals surface area contributed by atoms with E-state index in [4.69, 9.17) is 5.73 Å². The Bertz CT molecular complexity index is 422. The summed E-state index contributed by atoms with van der Waals surface area (Å²) >= 11 is 0. The van der Waals surface area contributed by atoms with Gasteiger partial charge < -0.3 is 20.9 Å². The highest BCUT2D eigenvalue weighted by Crippen LogP contribution is 2.11. The van der Waals surface area contributed by atoms with Crippen molar-refractivity contribution in [3.8, 4) is 0 Å². The van der Waals surface area contributed by atoms with Crippen LogP contribution < -0.4 is 11.1 Å². The number of aliphatic hydroxyl groups is 1. The number of esters is 1. The number of amides is 1. The minimum Gasteiger partial charge on any atom is -0.464 e. The molecule has 0 aliphatic heterocycles. The number of carbonyl (C=O) groups is 2. The third-order valence-electron chi connectivity index (χ3n) is 2.52. The van der Waals surface area contributed by atoms with Gasteiger partial charge in [-0.15, -0.1) is 0 Å². The molecule has 2 atom stereocenters. The predicted octanol–water partition coefficient (Wildman–Crippen LogP) is -0.273. The van der Waals surface area contributed by atoms with E-state index in [2.05, 4.69) is 10.1 Å². The van der Waals surface area contributed by atoms with Crippen molar-refractivity contribution in [3.63, 3.8) is 0 Å². The van der Waals surface area contributed by atoms with Crippen molar-refractivity contribution in [2.75, 3.05) is 13.2 Å². The van der Waals surface area contributed by atoms with E-state index in [0.717, 1.165) is 5.56 Å². The summed E-state index contributed by atoms with van der Waals surface area (Å²) in [4.78, 5) is 23.1. The van der Waals surface area contributed by atoms with Crippen LogP contribution in [0.15, 0.2) is 30.3 Å². The lowest BCUT2D eigenvalue weighted by atomic mass is 10.1. The Morgan fingerprint density at radius 3 is 2.53 bits per heavy atom. The number of aliphatic hydroxyl groups excluding tert-OH is 1. The molecule has 1 aromatic carbocycles. The van der Waals surface area contributed by atoms with E-state index in [1.165, 1.54) is 0 Å². The number of hydrogen-bond acceptors (Lipinski definition) is 5. The monoisotopic (exact) mass is 266 g/mol. The highest BCUT2D eigenvalue weighted by molar-refractivity contribution is 6.01. The summed E-state index contributed by atoms with van der Waals surface area (Å²) in [7, 11) is 0. The Kier molecular flexibility index (Phi) is 5.98. The number of nitrogens with two attached hydrogens (primary N) is 1. The number of benzene rings is 1. The van der Waals surface area contributed by atoms with Crippen LogP contribution in [0.5, 0.6) is 0 Å². The van der Waals surface area contributed by atoms with Crippen LogP contribution in [-0.2, 0) is 14.3 Å². The van der Waals surface area contributed by atoms with Crippen molar-refractivity contribution < 1.29 is 19.4 Å². The highest BCUT2D eigenvalue weighted by Gasteiger charge is 2.25. The van der Waals surface area contributed by atoms with Crippen molar-refractivity contribution in [1.82, 2.24) is 5.32 Å². The van der Waals surface area contributed by atoms with Crippen molar-refractivity contribution in [1.29, 1.82) is 0 Å². The molecule has 0 saturated carbocycles. The van der Waals surface area contributed by atoms with E-state index in [1.54, 1.807) is 31.2 Å². The summed E-state index contributed by atoms with van der Waals surface area (Å²) in [6.07, 6.45) is 0. The van der Waals surface area contributed by atoms with E-state index in [0.29, 0.717) is 0 Å². The average molecular weight is 266 g/mol. The molecule has 1 unspecified atom stereocenters. The molecule has 1 amide bonds. The molecule has 0 aromatic heterocycles. The summed E-state index contributed by atoms with van der Waals surface area (Å²) in [6.45, 7) is 1.50. The van der Waals surface area contributed by atoms with Crippen LogP contribution in [0.4, 0.5) is 0 Å². The molecule has 0 radical (unpaired) electrons. The van der Waals surface area contributed by atoms with Gasteiger partial charge in [0.2, 0.25) is 5.91 Å². The fourth-order valence-corrected chi connectivity index (χ4v) is 1.52. The first-order valence-electron chi connectivity index (χ1n) is 5.98. The molecule has 1 aromatic rings. The van der Waals surface area contributed by atoms with Gasteiger partial charge >= 0.3 is 5.97 Å². The van der Waals surface area contributed by atoms with Gasteiger partial charge in [-0.1, -0.05) is 30.3 Å². The van der Waals surface area contributed by atoms with Gasteiger partial charge in [0.25, 0.3) is 0 Å². The van der Waals surface area contributed by atoms with Crippen molar-refractivity contribution in [2.24, 2.45) is 5.73 Å². The minimum atomic E-state index is -1.39. The fraction of sp³-hybridized carbons (Fsp3) is 0.385. The third kappa shape index (κ3) is 4.35. The maximum atomic E-state index is 11.8. The smallest absolute Gasteiger partial charge is 0.332 e. The molecule has 104 valence electrons. The molecule has 0 aliphatic rings. The molecule has 0 spiro atoms. The highest BCUT2D eigenvalue weighted by atomic mass is 16.5. The second kappa shape index (κ2) is 7.50. The van der Waals surface area contributed by atoms with Crippen LogP contribution in [0, 0.1) is 0 Å². The van der Waals surface area contributed by atoms with Gasteiger partial charge in [0.05, 0.1) is 19.3 Å². The first kappa shape index (κ1) is 15.1. The maximum absolute atomic E-state index is 11.8. The SMILES string of the molecule is CCOC(=O)C(N)C(=O)N[C@@H](CO)c1ccccc1. The normalized spacial score (nSPS) is 13.4. The first-order valence-corrected chi connectivity index (χ1v) is 5.98. The van der Waals surface area contributed by atoms with E-state index >= 15 is 0 Å². The number of hydrogen-bond donors (Lipinski definition) is 3. The molecule has 6 heteroatoms. The van der Waals surface area contributed by atoms with E-state index in [-0.39, 0.29) is 13.2 Å². The van der Waals surface area contributed by atoms with E-state index < -0.39 is 24.0 Å². The Labute approximate surface area is 111 Å². The summed E-state index contributed by atoms with van der Waals surface area (Å²) in [5.74, 6) is -1.47. The van der Waals surface area contributed by atoms with E-state index in [1.807, 2.05) is 6.07 Å². The summed E-state index contributed by atoms with van der Waals surface area (Å²) < 4.78 is 4.66. The van der Waals surface area contributed by atoms with Crippen molar-refractivity contribution in [3.05, 3.63) is 35.9 Å². The molecule has 4 N–H and O–H groups in total. The number of ether oxygens (including phenoxy) is 1. The van der Waals surface area contributed by atoms with Crippen molar-refractivity contribution in [2.45, 2.75) is 19.0 Å². The van der Waals surface area contributed by atoms with Gasteiger partial charge in [0, 0.05) is 0 Å². The topological polar surface area (TPSA) is 102 Å². The zero-order valence-electron chi connectivity index (χ0n) is 10.7.